The van der Waals surface area contributed by atoms with Crippen molar-refractivity contribution < 1.29 is 4.52 Å². The zero-order valence-corrected chi connectivity index (χ0v) is 14.0. The van der Waals surface area contributed by atoms with Gasteiger partial charge < -0.3 is 10.3 Å². The van der Waals surface area contributed by atoms with Gasteiger partial charge in [0.15, 0.2) is 5.82 Å². The van der Waals surface area contributed by atoms with E-state index in [-0.39, 0.29) is 12.4 Å². The third-order valence-electron chi connectivity index (χ3n) is 4.00. The van der Waals surface area contributed by atoms with Crippen molar-refractivity contribution in [1.29, 1.82) is 0 Å². The molecule has 1 heterocycles. The highest BCUT2D eigenvalue weighted by atomic mass is 35.5. The third kappa shape index (κ3) is 3.51. The fourth-order valence-electron chi connectivity index (χ4n) is 2.61. The van der Waals surface area contributed by atoms with Gasteiger partial charge in [0.2, 0.25) is 0 Å². The van der Waals surface area contributed by atoms with Gasteiger partial charge in [0.25, 0.3) is 5.89 Å². The summed E-state index contributed by atoms with van der Waals surface area (Å²) in [6.07, 6.45) is 7.78. The number of aryl methyl sites for hydroxylation is 1. The Morgan fingerprint density at radius 1 is 1.27 bits per heavy atom. The molecule has 1 aliphatic rings. The Morgan fingerprint density at radius 3 is 2.68 bits per heavy atom. The third-order valence-corrected chi connectivity index (χ3v) is 4.40. The second-order valence-corrected chi connectivity index (χ2v) is 6.07. The van der Waals surface area contributed by atoms with Crippen LogP contribution in [0.5, 0.6) is 0 Å². The predicted molar refractivity (Wildman–Crippen MR) is 91.0 cm³/mol. The lowest BCUT2D eigenvalue weighted by Gasteiger charge is -2.17. The molecule has 0 unspecified atom stereocenters. The van der Waals surface area contributed by atoms with Crippen LogP contribution in [-0.2, 0) is 5.54 Å². The molecule has 118 valence electrons. The van der Waals surface area contributed by atoms with Gasteiger partial charge >= 0.3 is 0 Å². The first-order chi connectivity index (χ1) is 10.1. The highest BCUT2D eigenvalue weighted by Crippen LogP contribution is 2.34. The van der Waals surface area contributed by atoms with Gasteiger partial charge in [-0.15, -0.1) is 12.4 Å². The van der Waals surface area contributed by atoms with Crippen molar-refractivity contribution in [3.63, 3.8) is 0 Å². The molecule has 0 aliphatic heterocycles. The van der Waals surface area contributed by atoms with Crippen LogP contribution in [0.3, 0.4) is 0 Å². The lowest BCUT2D eigenvalue weighted by molar-refractivity contribution is 0.364. The molecule has 0 atom stereocenters. The Bertz CT molecular complexity index is 676. The van der Waals surface area contributed by atoms with E-state index in [0.29, 0.717) is 11.7 Å². The minimum Gasteiger partial charge on any atom is -0.335 e. The molecule has 0 radical (unpaired) electrons. The van der Waals surface area contributed by atoms with Crippen LogP contribution in [0.15, 0.2) is 22.7 Å². The van der Waals surface area contributed by atoms with Crippen molar-refractivity contribution in [3.05, 3.63) is 46.1 Å². The largest absolute Gasteiger partial charge is 0.335 e. The minimum absolute atomic E-state index is 0. The molecule has 6 heteroatoms. The van der Waals surface area contributed by atoms with Gasteiger partial charge in [-0.05, 0) is 43.0 Å². The number of hydrogen-bond donors (Lipinski definition) is 1. The number of nitrogens with zero attached hydrogens (tertiary/aromatic N) is 2. The summed E-state index contributed by atoms with van der Waals surface area (Å²) in [6, 6.07) is 5.89. The smallest absolute Gasteiger partial charge is 0.250 e. The maximum absolute atomic E-state index is 6.31. The van der Waals surface area contributed by atoms with E-state index in [1.165, 1.54) is 0 Å². The summed E-state index contributed by atoms with van der Waals surface area (Å²) < 4.78 is 5.26. The summed E-state index contributed by atoms with van der Waals surface area (Å²) in [6.45, 7) is 1.97. The lowest BCUT2D eigenvalue weighted by Crippen LogP contribution is -2.34. The molecule has 1 fully saturated rings. The van der Waals surface area contributed by atoms with Crippen LogP contribution in [0.1, 0.15) is 48.5 Å². The number of hydrogen-bond acceptors (Lipinski definition) is 4. The van der Waals surface area contributed by atoms with Crippen molar-refractivity contribution in [2.45, 2.75) is 38.1 Å². The van der Waals surface area contributed by atoms with Crippen LogP contribution in [0, 0.1) is 6.92 Å². The average molecular weight is 340 g/mol. The van der Waals surface area contributed by atoms with E-state index >= 15 is 0 Å². The van der Waals surface area contributed by atoms with Crippen LogP contribution in [-0.4, -0.2) is 10.1 Å². The van der Waals surface area contributed by atoms with Crippen LogP contribution >= 0.6 is 24.0 Å². The maximum atomic E-state index is 6.31. The second-order valence-electron chi connectivity index (χ2n) is 5.66. The first-order valence-corrected chi connectivity index (χ1v) is 7.52. The van der Waals surface area contributed by atoms with E-state index in [2.05, 4.69) is 10.1 Å². The molecule has 0 bridgehead atoms. The van der Waals surface area contributed by atoms with Crippen molar-refractivity contribution in [3.8, 4) is 0 Å². The van der Waals surface area contributed by atoms with Crippen molar-refractivity contribution in [2.75, 3.05) is 0 Å². The highest BCUT2D eigenvalue weighted by Gasteiger charge is 2.35. The molecule has 1 aromatic heterocycles. The standard InChI is InChI=1S/C16H18ClN3O.ClH/c1-11-4-5-12(10-13(11)17)6-7-14-19-15(20-21-14)16(18)8-2-3-9-16;/h4-7,10H,2-3,8-9,18H2,1H3;1H/b7-6+;. The maximum Gasteiger partial charge on any atom is 0.250 e. The fraction of sp³-hybridized carbons (Fsp3) is 0.375. The summed E-state index contributed by atoms with van der Waals surface area (Å²) in [4.78, 5) is 4.40. The summed E-state index contributed by atoms with van der Waals surface area (Å²) >= 11 is 6.10. The van der Waals surface area contributed by atoms with E-state index in [1.54, 1.807) is 6.08 Å². The van der Waals surface area contributed by atoms with Gasteiger partial charge in [0.1, 0.15) is 0 Å². The minimum atomic E-state index is -0.414. The number of halogens is 2. The Kier molecular flexibility index (Phi) is 5.27. The van der Waals surface area contributed by atoms with Crippen LogP contribution < -0.4 is 5.73 Å². The van der Waals surface area contributed by atoms with Gasteiger partial charge in [-0.1, -0.05) is 41.7 Å². The normalized spacial score (nSPS) is 16.9. The molecule has 1 saturated carbocycles. The molecule has 0 amide bonds. The number of benzene rings is 1. The molecule has 1 aliphatic carbocycles. The van der Waals surface area contributed by atoms with E-state index in [0.717, 1.165) is 41.8 Å². The van der Waals surface area contributed by atoms with Gasteiger partial charge in [0.05, 0.1) is 5.54 Å². The Balaban J connectivity index is 0.00000176. The summed E-state index contributed by atoms with van der Waals surface area (Å²) in [5.74, 6) is 1.08. The van der Waals surface area contributed by atoms with E-state index in [4.69, 9.17) is 21.9 Å². The summed E-state index contributed by atoms with van der Waals surface area (Å²) in [5, 5.41) is 4.77. The molecule has 2 N–H and O–H groups in total. The average Bonchev–Trinajstić information content (AvgIpc) is 3.10. The predicted octanol–water partition coefficient (Wildman–Crippen LogP) is 4.35. The van der Waals surface area contributed by atoms with Crippen LogP contribution in [0.25, 0.3) is 12.2 Å². The van der Waals surface area contributed by atoms with Crippen molar-refractivity contribution in [2.24, 2.45) is 5.73 Å². The van der Waals surface area contributed by atoms with Gasteiger partial charge in [-0.25, -0.2) is 0 Å². The quantitative estimate of drug-likeness (QED) is 0.902. The molecule has 2 aromatic rings. The molecular weight excluding hydrogens is 321 g/mol. The zero-order valence-electron chi connectivity index (χ0n) is 12.4. The second kappa shape index (κ2) is 6.82. The zero-order chi connectivity index (χ0) is 14.9. The molecule has 0 saturated heterocycles. The molecule has 22 heavy (non-hydrogen) atoms. The van der Waals surface area contributed by atoms with E-state index < -0.39 is 5.54 Å². The molecule has 1 aromatic carbocycles. The lowest BCUT2D eigenvalue weighted by atomic mass is 9.99. The van der Waals surface area contributed by atoms with Gasteiger partial charge in [-0.3, -0.25) is 0 Å². The van der Waals surface area contributed by atoms with Gasteiger partial charge in [-0.2, -0.15) is 4.98 Å². The first-order valence-electron chi connectivity index (χ1n) is 7.14. The highest BCUT2D eigenvalue weighted by molar-refractivity contribution is 6.31. The Hall–Kier alpha value is -1.36. The first kappa shape index (κ1) is 17.0. The number of rotatable bonds is 3. The SMILES string of the molecule is Cc1ccc(/C=C/c2nc(C3(N)CCCC3)no2)cc1Cl.Cl. The molecule has 0 spiro atoms. The van der Waals surface area contributed by atoms with Crippen LogP contribution in [0.2, 0.25) is 5.02 Å². The van der Waals surface area contributed by atoms with Crippen molar-refractivity contribution >= 4 is 36.2 Å². The summed E-state index contributed by atoms with van der Waals surface area (Å²) in [7, 11) is 0. The topological polar surface area (TPSA) is 64.9 Å². The Morgan fingerprint density at radius 2 is 2.00 bits per heavy atom. The van der Waals surface area contributed by atoms with E-state index in [9.17, 15) is 0 Å². The van der Waals surface area contributed by atoms with Crippen molar-refractivity contribution in [1.82, 2.24) is 10.1 Å². The van der Waals surface area contributed by atoms with Gasteiger partial charge in [0, 0.05) is 11.1 Å². The monoisotopic (exact) mass is 339 g/mol. The Labute approximate surface area is 141 Å². The van der Waals surface area contributed by atoms with E-state index in [1.807, 2.05) is 31.2 Å². The molecular formula is C16H19Cl2N3O. The fourth-order valence-corrected chi connectivity index (χ4v) is 2.80. The summed E-state index contributed by atoms with van der Waals surface area (Å²) in [5.41, 5.74) is 7.95. The number of aromatic nitrogens is 2. The van der Waals surface area contributed by atoms with Crippen LogP contribution in [0.4, 0.5) is 0 Å². The molecule has 4 nitrogen and oxygen atoms in total. The number of nitrogens with two attached hydrogens (primary N) is 1. The molecule has 3 rings (SSSR count).